The van der Waals surface area contributed by atoms with E-state index in [0.29, 0.717) is 12.8 Å². The molecule has 0 heterocycles. The van der Waals surface area contributed by atoms with E-state index in [9.17, 15) is 15.0 Å². The van der Waals surface area contributed by atoms with Crippen LogP contribution in [-0.4, -0.2) is 34.9 Å². The van der Waals surface area contributed by atoms with Gasteiger partial charge in [-0.1, -0.05) is 277 Å². The van der Waals surface area contributed by atoms with Crippen molar-refractivity contribution in [1.82, 2.24) is 5.32 Å². The third kappa shape index (κ3) is 42.5. The average molecular weight is 764 g/mol. The van der Waals surface area contributed by atoms with Crippen molar-refractivity contribution >= 4 is 5.91 Å². The fourth-order valence-electron chi connectivity index (χ4n) is 8.25. The molecule has 0 saturated carbocycles. The minimum absolute atomic E-state index is 0.0262. The van der Waals surface area contributed by atoms with Crippen molar-refractivity contribution < 1.29 is 15.0 Å². The van der Waals surface area contributed by atoms with E-state index in [1.165, 1.54) is 244 Å². The van der Waals surface area contributed by atoms with Crippen LogP contribution in [0.5, 0.6) is 0 Å². The highest BCUT2D eigenvalue weighted by atomic mass is 16.3. The molecule has 2 atom stereocenters. The maximum absolute atomic E-state index is 12.4. The van der Waals surface area contributed by atoms with Crippen molar-refractivity contribution in [3.8, 4) is 0 Å². The fraction of sp³-hybridized carbons (Fsp3) is 0.980. The Morgan fingerprint density at radius 3 is 0.833 bits per heavy atom. The Hall–Kier alpha value is -0.610. The van der Waals surface area contributed by atoms with E-state index < -0.39 is 12.1 Å². The molecule has 0 saturated heterocycles. The predicted octanol–water partition coefficient (Wildman–Crippen LogP) is 16.0. The van der Waals surface area contributed by atoms with Gasteiger partial charge < -0.3 is 15.5 Å². The highest BCUT2D eigenvalue weighted by Crippen LogP contribution is 2.18. The minimum Gasteiger partial charge on any atom is -0.394 e. The normalized spacial score (nSPS) is 12.7. The SMILES string of the molecule is CCCCCCCCCCCCCCCCCCCCCCCCCCCCCCCC(O)C(CO)NC(=O)CCCCCCCCCCCCCCC. The van der Waals surface area contributed by atoms with Gasteiger partial charge in [0.1, 0.15) is 0 Å². The van der Waals surface area contributed by atoms with Crippen molar-refractivity contribution in [3.63, 3.8) is 0 Å². The molecule has 54 heavy (non-hydrogen) atoms. The van der Waals surface area contributed by atoms with Gasteiger partial charge in [0, 0.05) is 6.42 Å². The maximum Gasteiger partial charge on any atom is 0.220 e. The second kappa shape index (κ2) is 46.8. The lowest BCUT2D eigenvalue weighted by molar-refractivity contribution is -0.123. The number of nitrogens with one attached hydrogen (secondary N) is 1. The molecular formula is C50H101NO3. The lowest BCUT2D eigenvalue weighted by Gasteiger charge is -2.22. The maximum atomic E-state index is 12.4. The molecule has 0 radical (unpaired) electrons. The Kier molecular flexibility index (Phi) is 46.2. The predicted molar refractivity (Wildman–Crippen MR) is 240 cm³/mol. The molecule has 3 N–H and O–H groups in total. The van der Waals surface area contributed by atoms with Crippen LogP contribution < -0.4 is 5.32 Å². The summed E-state index contributed by atoms with van der Waals surface area (Å²) < 4.78 is 0. The molecule has 0 spiro atoms. The third-order valence-electron chi connectivity index (χ3n) is 12.1. The molecule has 0 aliphatic carbocycles. The summed E-state index contributed by atoms with van der Waals surface area (Å²) in [6.45, 7) is 4.39. The lowest BCUT2D eigenvalue weighted by Crippen LogP contribution is -2.45. The highest BCUT2D eigenvalue weighted by molar-refractivity contribution is 5.76. The van der Waals surface area contributed by atoms with Gasteiger partial charge in [-0.3, -0.25) is 4.79 Å². The van der Waals surface area contributed by atoms with E-state index in [-0.39, 0.29) is 12.5 Å². The topological polar surface area (TPSA) is 69.6 Å². The summed E-state index contributed by atoms with van der Waals surface area (Å²) in [4.78, 5) is 12.4. The smallest absolute Gasteiger partial charge is 0.220 e. The second-order valence-corrected chi connectivity index (χ2v) is 17.6. The van der Waals surface area contributed by atoms with Crippen molar-refractivity contribution in [2.24, 2.45) is 0 Å². The number of amides is 1. The van der Waals surface area contributed by atoms with Crippen molar-refractivity contribution in [2.75, 3.05) is 6.61 Å². The largest absolute Gasteiger partial charge is 0.394 e. The Labute approximate surface area is 340 Å². The van der Waals surface area contributed by atoms with E-state index in [4.69, 9.17) is 0 Å². The van der Waals surface area contributed by atoms with Gasteiger partial charge in [-0.25, -0.2) is 0 Å². The van der Waals surface area contributed by atoms with Crippen molar-refractivity contribution in [1.29, 1.82) is 0 Å². The van der Waals surface area contributed by atoms with Crippen molar-refractivity contribution in [2.45, 2.75) is 309 Å². The van der Waals surface area contributed by atoms with Gasteiger partial charge in [0.2, 0.25) is 5.91 Å². The number of hydrogen-bond donors (Lipinski definition) is 3. The Balaban J connectivity index is 3.38. The first-order valence-corrected chi connectivity index (χ1v) is 25.2. The van der Waals surface area contributed by atoms with Crippen LogP contribution >= 0.6 is 0 Å². The first-order valence-electron chi connectivity index (χ1n) is 25.2. The third-order valence-corrected chi connectivity index (χ3v) is 12.1. The first kappa shape index (κ1) is 53.4. The van der Waals surface area contributed by atoms with Crippen LogP contribution in [0.2, 0.25) is 0 Å². The van der Waals surface area contributed by atoms with Crippen molar-refractivity contribution in [3.05, 3.63) is 0 Å². The summed E-state index contributed by atoms with van der Waals surface area (Å²) in [5.41, 5.74) is 0. The highest BCUT2D eigenvalue weighted by Gasteiger charge is 2.20. The Morgan fingerprint density at radius 1 is 0.370 bits per heavy atom. The van der Waals surface area contributed by atoms with E-state index in [1.807, 2.05) is 0 Å². The average Bonchev–Trinajstić information content (AvgIpc) is 3.18. The van der Waals surface area contributed by atoms with Gasteiger partial charge in [0.05, 0.1) is 18.8 Å². The summed E-state index contributed by atoms with van der Waals surface area (Å²) in [5, 5.41) is 23.2. The van der Waals surface area contributed by atoms with Crippen LogP contribution in [-0.2, 0) is 4.79 Å². The molecule has 324 valence electrons. The summed E-state index contributed by atoms with van der Waals surface area (Å²) in [6, 6.07) is -0.529. The molecule has 0 aromatic heterocycles. The molecular weight excluding hydrogens is 663 g/mol. The molecule has 0 rings (SSSR count). The zero-order chi connectivity index (χ0) is 39.3. The second-order valence-electron chi connectivity index (χ2n) is 17.6. The molecule has 0 fully saturated rings. The number of carbonyl (C=O) groups is 1. The van der Waals surface area contributed by atoms with Crippen LogP contribution in [0.25, 0.3) is 0 Å². The lowest BCUT2D eigenvalue weighted by atomic mass is 10.0. The number of carbonyl (C=O) groups excluding carboxylic acids is 1. The minimum atomic E-state index is -0.653. The van der Waals surface area contributed by atoms with Gasteiger partial charge in [-0.05, 0) is 12.8 Å². The van der Waals surface area contributed by atoms with Crippen LogP contribution in [0.15, 0.2) is 0 Å². The molecule has 1 amide bonds. The standard InChI is InChI=1S/C50H101NO3/c1-3-5-7-9-11-13-15-17-18-19-20-21-22-23-24-25-26-27-28-29-30-31-32-34-35-37-39-41-43-45-49(53)48(47-52)51-50(54)46-44-42-40-38-36-33-16-14-12-10-8-6-4-2/h48-49,52-53H,3-47H2,1-2H3,(H,51,54). The van der Waals surface area contributed by atoms with Crippen LogP contribution in [0.3, 0.4) is 0 Å². The van der Waals surface area contributed by atoms with Gasteiger partial charge >= 0.3 is 0 Å². The van der Waals surface area contributed by atoms with Crippen LogP contribution in [0.4, 0.5) is 0 Å². The molecule has 0 aromatic carbocycles. The van der Waals surface area contributed by atoms with E-state index in [2.05, 4.69) is 19.2 Å². The van der Waals surface area contributed by atoms with Gasteiger partial charge in [0.15, 0.2) is 0 Å². The number of aliphatic hydroxyl groups excluding tert-OH is 2. The summed E-state index contributed by atoms with van der Waals surface area (Å²) in [6.07, 6.45) is 57.9. The van der Waals surface area contributed by atoms with Gasteiger partial charge in [-0.15, -0.1) is 0 Å². The summed E-state index contributed by atoms with van der Waals surface area (Å²) >= 11 is 0. The fourth-order valence-corrected chi connectivity index (χ4v) is 8.25. The Bertz CT molecular complexity index is 699. The zero-order valence-corrected chi connectivity index (χ0v) is 37.3. The van der Waals surface area contributed by atoms with E-state index in [0.717, 1.165) is 25.7 Å². The number of rotatable bonds is 47. The summed E-state index contributed by atoms with van der Waals surface area (Å²) in [5.74, 6) is -0.0262. The zero-order valence-electron chi connectivity index (χ0n) is 37.3. The molecule has 2 unspecified atom stereocenters. The van der Waals surface area contributed by atoms with E-state index >= 15 is 0 Å². The van der Waals surface area contributed by atoms with Gasteiger partial charge in [-0.2, -0.15) is 0 Å². The Morgan fingerprint density at radius 2 is 0.593 bits per heavy atom. The molecule has 0 aliphatic rings. The number of aliphatic hydroxyl groups is 2. The van der Waals surface area contributed by atoms with E-state index in [1.54, 1.807) is 0 Å². The van der Waals surface area contributed by atoms with Crippen LogP contribution in [0.1, 0.15) is 296 Å². The number of unbranched alkanes of at least 4 members (excludes halogenated alkanes) is 40. The summed E-state index contributed by atoms with van der Waals surface area (Å²) in [7, 11) is 0. The molecule has 4 heteroatoms. The van der Waals surface area contributed by atoms with Gasteiger partial charge in [0.25, 0.3) is 0 Å². The monoisotopic (exact) mass is 764 g/mol. The van der Waals surface area contributed by atoms with Crippen LogP contribution in [0, 0.1) is 0 Å². The number of hydrogen-bond acceptors (Lipinski definition) is 3. The molecule has 0 bridgehead atoms. The first-order chi connectivity index (χ1) is 26.7. The molecule has 0 aliphatic heterocycles. The quantitative estimate of drug-likeness (QED) is 0.0541. The molecule has 0 aromatic rings. The molecule has 4 nitrogen and oxygen atoms in total.